The van der Waals surface area contributed by atoms with Gasteiger partial charge >= 0.3 is 0 Å². The Morgan fingerprint density at radius 2 is 1.75 bits per heavy atom. The van der Waals surface area contributed by atoms with E-state index in [9.17, 15) is 15.0 Å². The summed E-state index contributed by atoms with van der Waals surface area (Å²) in [5, 5.41) is 28.7. The number of rotatable bonds is 2. The Morgan fingerprint density at radius 1 is 1.12 bits per heavy atom. The summed E-state index contributed by atoms with van der Waals surface area (Å²) in [6.07, 6.45) is -0.462. The van der Waals surface area contributed by atoms with Crippen LogP contribution in [0.2, 0.25) is 0 Å². The predicted octanol–water partition coefficient (Wildman–Crippen LogP) is 2.41. The largest absolute Gasteiger partial charge is 0.508 e. The summed E-state index contributed by atoms with van der Waals surface area (Å²) in [5.41, 5.74) is 2.49. The van der Waals surface area contributed by atoms with Crippen LogP contribution in [0.25, 0.3) is 22.3 Å². The second-order valence-electron chi connectivity index (χ2n) is 10.2. The van der Waals surface area contributed by atoms with E-state index in [4.69, 9.17) is 0 Å². The number of nitrogens with one attached hydrogen (secondary N) is 1. The monoisotopic (exact) mass is 435 g/mol. The highest BCUT2D eigenvalue weighted by atomic mass is 16.3. The van der Waals surface area contributed by atoms with E-state index >= 15 is 0 Å². The van der Waals surface area contributed by atoms with Crippen LogP contribution in [-0.2, 0) is 0 Å². The number of hydrogen-bond donors (Lipinski definition) is 3. The third-order valence-corrected chi connectivity index (χ3v) is 7.08. The zero-order valence-electron chi connectivity index (χ0n) is 18.9. The standard InChI is InChI=1S/C24H29N5O3/c1-14-19-17(9-18(25-20(19)27-26-14)15-5-7-16(30)8-6-15)21(31)29-12-23(2)10-28(4)11-24(3,13-29)22(23)32/h5-9,22,30,32H,10-13H2,1-4H3,(H,25,26,27)/t22?,23-,24+. The van der Waals surface area contributed by atoms with Gasteiger partial charge in [0.2, 0.25) is 0 Å². The molecule has 2 aliphatic heterocycles. The number of likely N-dealkylation sites (tertiary alicyclic amines) is 2. The lowest BCUT2D eigenvalue weighted by molar-refractivity contribution is -0.161. The molecule has 3 aromatic rings. The quantitative estimate of drug-likeness (QED) is 0.571. The first-order chi connectivity index (χ1) is 15.1. The number of aryl methyl sites for hydroxylation is 1. The SMILES string of the molecule is Cc1n[nH]c2nc(-c3ccc(O)cc3)cc(C(=O)N3C[C@]4(C)CN(C)C[C@](C)(C3)C4O)c12. The summed E-state index contributed by atoms with van der Waals surface area (Å²) < 4.78 is 0. The Bertz CT molecular complexity index is 1180. The number of fused-ring (bicyclic) bond motifs is 3. The molecule has 32 heavy (non-hydrogen) atoms. The zero-order chi connectivity index (χ0) is 22.8. The van der Waals surface area contributed by atoms with Gasteiger partial charge in [0.1, 0.15) is 5.75 Å². The van der Waals surface area contributed by atoms with E-state index in [0.717, 1.165) is 29.7 Å². The number of aliphatic hydroxyl groups is 1. The Hall–Kier alpha value is -2.97. The van der Waals surface area contributed by atoms with Crippen molar-refractivity contribution in [1.29, 1.82) is 0 Å². The lowest BCUT2D eigenvalue weighted by Crippen LogP contribution is -2.70. The van der Waals surface area contributed by atoms with Crippen molar-refractivity contribution in [2.75, 3.05) is 33.2 Å². The molecule has 8 nitrogen and oxygen atoms in total. The van der Waals surface area contributed by atoms with Crippen LogP contribution in [0.4, 0.5) is 0 Å². The average Bonchev–Trinajstić information content (AvgIpc) is 3.10. The number of aromatic amines is 1. The van der Waals surface area contributed by atoms with Crippen molar-refractivity contribution in [2.45, 2.75) is 26.9 Å². The van der Waals surface area contributed by atoms with E-state index in [-0.39, 0.29) is 11.7 Å². The molecule has 1 unspecified atom stereocenters. The van der Waals surface area contributed by atoms with Crippen LogP contribution < -0.4 is 0 Å². The number of aromatic nitrogens is 3. The molecule has 0 saturated carbocycles. The number of carbonyl (C=O) groups is 1. The molecule has 2 aromatic heterocycles. The smallest absolute Gasteiger partial charge is 0.254 e. The minimum atomic E-state index is -0.462. The fourth-order valence-corrected chi connectivity index (χ4v) is 5.95. The van der Waals surface area contributed by atoms with Crippen molar-refractivity contribution < 1.29 is 15.0 Å². The van der Waals surface area contributed by atoms with Crippen molar-refractivity contribution in [2.24, 2.45) is 10.8 Å². The molecule has 0 aliphatic carbocycles. The lowest BCUT2D eigenvalue weighted by atomic mass is 9.63. The number of nitrogens with zero attached hydrogens (tertiary/aromatic N) is 4. The molecule has 0 spiro atoms. The maximum atomic E-state index is 13.9. The van der Waals surface area contributed by atoms with Crippen LogP contribution in [0.5, 0.6) is 5.75 Å². The molecule has 2 fully saturated rings. The molecule has 3 N–H and O–H groups in total. The summed E-state index contributed by atoms with van der Waals surface area (Å²) in [5.74, 6) is 0.101. The molecule has 4 heterocycles. The molecule has 2 aliphatic rings. The Balaban J connectivity index is 1.59. The van der Waals surface area contributed by atoms with E-state index in [1.165, 1.54) is 0 Å². The predicted molar refractivity (Wildman–Crippen MR) is 121 cm³/mol. The number of phenols is 1. The number of benzene rings is 1. The van der Waals surface area contributed by atoms with Crippen LogP contribution in [0.1, 0.15) is 29.9 Å². The van der Waals surface area contributed by atoms with Crippen LogP contribution in [0.3, 0.4) is 0 Å². The minimum absolute atomic E-state index is 0.0733. The molecule has 2 bridgehead atoms. The van der Waals surface area contributed by atoms with Crippen LogP contribution in [0, 0.1) is 17.8 Å². The highest BCUT2D eigenvalue weighted by Crippen LogP contribution is 2.45. The molecule has 2 saturated heterocycles. The van der Waals surface area contributed by atoms with Gasteiger partial charge in [0.25, 0.3) is 5.91 Å². The van der Waals surface area contributed by atoms with Gasteiger partial charge in [-0.25, -0.2) is 4.98 Å². The number of amides is 1. The number of aromatic hydroxyl groups is 1. The van der Waals surface area contributed by atoms with E-state index in [1.54, 1.807) is 24.3 Å². The maximum absolute atomic E-state index is 13.9. The van der Waals surface area contributed by atoms with Crippen LogP contribution in [0.15, 0.2) is 30.3 Å². The van der Waals surface area contributed by atoms with E-state index in [1.807, 2.05) is 17.9 Å². The molecule has 168 valence electrons. The second-order valence-corrected chi connectivity index (χ2v) is 10.2. The van der Waals surface area contributed by atoms with Gasteiger partial charge in [-0.3, -0.25) is 9.89 Å². The molecule has 5 rings (SSSR count). The van der Waals surface area contributed by atoms with E-state index in [2.05, 4.69) is 41.0 Å². The van der Waals surface area contributed by atoms with Crippen LogP contribution >= 0.6 is 0 Å². The van der Waals surface area contributed by atoms with E-state index < -0.39 is 16.9 Å². The van der Waals surface area contributed by atoms with Gasteiger partial charge < -0.3 is 20.0 Å². The average molecular weight is 436 g/mol. The Kier molecular flexibility index (Phi) is 4.58. The Labute approximate surface area is 186 Å². The van der Waals surface area contributed by atoms with Crippen molar-refractivity contribution in [3.63, 3.8) is 0 Å². The molecule has 0 radical (unpaired) electrons. The van der Waals surface area contributed by atoms with Gasteiger partial charge in [0.15, 0.2) is 5.65 Å². The number of H-pyrrole nitrogens is 1. The Morgan fingerprint density at radius 3 is 2.38 bits per heavy atom. The first-order valence-electron chi connectivity index (χ1n) is 10.9. The third-order valence-electron chi connectivity index (χ3n) is 7.08. The fraction of sp³-hybridized carbons (Fsp3) is 0.458. The minimum Gasteiger partial charge on any atom is -0.508 e. The van der Waals surface area contributed by atoms with E-state index in [0.29, 0.717) is 30.0 Å². The van der Waals surface area contributed by atoms with Crippen LogP contribution in [-0.4, -0.2) is 80.4 Å². The van der Waals surface area contributed by atoms with Gasteiger partial charge in [0, 0.05) is 42.6 Å². The van der Waals surface area contributed by atoms with Crippen molar-refractivity contribution in [1.82, 2.24) is 25.0 Å². The molecular weight excluding hydrogens is 406 g/mol. The topological polar surface area (TPSA) is 106 Å². The molecular formula is C24H29N5O3. The van der Waals surface area contributed by atoms with Gasteiger partial charge in [0.05, 0.1) is 28.4 Å². The first-order valence-corrected chi connectivity index (χ1v) is 10.9. The summed E-state index contributed by atoms with van der Waals surface area (Å²) in [7, 11) is 2.07. The van der Waals surface area contributed by atoms with Gasteiger partial charge in [-0.05, 0) is 44.3 Å². The molecule has 8 heteroatoms. The van der Waals surface area contributed by atoms with Crippen molar-refractivity contribution >= 4 is 16.9 Å². The number of carbonyl (C=O) groups excluding carboxylic acids is 1. The summed E-state index contributed by atoms with van der Waals surface area (Å²) >= 11 is 0. The lowest BCUT2D eigenvalue weighted by Gasteiger charge is -2.59. The highest BCUT2D eigenvalue weighted by Gasteiger charge is 2.56. The third kappa shape index (κ3) is 3.17. The highest BCUT2D eigenvalue weighted by molar-refractivity contribution is 6.07. The number of piperidine rings is 2. The maximum Gasteiger partial charge on any atom is 0.254 e. The van der Waals surface area contributed by atoms with Crippen molar-refractivity contribution in [3.8, 4) is 17.0 Å². The van der Waals surface area contributed by atoms with Gasteiger partial charge in [-0.1, -0.05) is 13.8 Å². The molecule has 1 amide bonds. The number of phenolic OH excluding ortho intramolecular Hbond substituents is 1. The second kappa shape index (κ2) is 7.02. The molecule has 1 aromatic carbocycles. The first kappa shape index (κ1) is 20.9. The zero-order valence-corrected chi connectivity index (χ0v) is 18.9. The fourth-order valence-electron chi connectivity index (χ4n) is 5.95. The summed E-state index contributed by atoms with van der Waals surface area (Å²) in [4.78, 5) is 22.7. The molecule has 3 atom stereocenters. The van der Waals surface area contributed by atoms with Gasteiger partial charge in [-0.15, -0.1) is 0 Å². The number of hydrogen-bond acceptors (Lipinski definition) is 6. The number of aliphatic hydroxyl groups excluding tert-OH is 1. The van der Waals surface area contributed by atoms with Crippen molar-refractivity contribution in [3.05, 3.63) is 41.6 Å². The van der Waals surface area contributed by atoms with Gasteiger partial charge in [-0.2, -0.15) is 5.10 Å². The number of pyridine rings is 1. The normalized spacial score (nSPS) is 28.3. The summed E-state index contributed by atoms with van der Waals surface area (Å²) in [6, 6.07) is 8.58. The summed E-state index contributed by atoms with van der Waals surface area (Å²) in [6.45, 7) is 8.45.